The Labute approximate surface area is 112 Å². The molecule has 1 amide bonds. The van der Waals surface area contributed by atoms with Gasteiger partial charge in [-0.2, -0.15) is 0 Å². The number of ether oxygens (including phenoxy) is 2. The predicted octanol–water partition coefficient (Wildman–Crippen LogP) is 1.50. The second-order valence-corrected chi connectivity index (χ2v) is 5.07. The molecule has 0 unspecified atom stereocenters. The quantitative estimate of drug-likeness (QED) is 0.877. The van der Waals surface area contributed by atoms with Gasteiger partial charge in [-0.1, -0.05) is 6.07 Å². The molecule has 0 atom stereocenters. The maximum absolute atomic E-state index is 12.0. The largest absolute Gasteiger partial charge is 0.348 e. The van der Waals surface area contributed by atoms with Crippen LogP contribution in [0, 0.1) is 0 Å². The number of amides is 1. The van der Waals surface area contributed by atoms with Crippen molar-refractivity contribution in [2.24, 2.45) is 0 Å². The van der Waals surface area contributed by atoms with Gasteiger partial charge in [-0.3, -0.25) is 9.78 Å². The molecule has 1 aromatic rings. The summed E-state index contributed by atoms with van der Waals surface area (Å²) < 4.78 is 11.3. The third-order valence-electron chi connectivity index (χ3n) is 3.79. The Morgan fingerprint density at radius 1 is 1.26 bits per heavy atom. The van der Waals surface area contributed by atoms with E-state index in [0.717, 1.165) is 25.7 Å². The fraction of sp³-hybridized carbons (Fsp3) is 0.571. The molecule has 0 aromatic carbocycles. The van der Waals surface area contributed by atoms with E-state index in [2.05, 4.69) is 10.3 Å². The SMILES string of the molecule is O=C(NC1CCC2(CC1)OCCO2)c1ccccn1. The first kappa shape index (κ1) is 12.6. The lowest BCUT2D eigenvalue weighted by Crippen LogP contribution is -2.44. The molecule has 3 rings (SSSR count). The molecule has 1 saturated carbocycles. The maximum atomic E-state index is 12.0. The van der Waals surface area contributed by atoms with Crippen LogP contribution < -0.4 is 5.32 Å². The van der Waals surface area contributed by atoms with Crippen molar-refractivity contribution in [3.63, 3.8) is 0 Å². The number of carbonyl (C=O) groups excluding carboxylic acids is 1. The molecule has 1 N–H and O–H groups in total. The van der Waals surface area contributed by atoms with E-state index in [-0.39, 0.29) is 17.7 Å². The number of nitrogens with one attached hydrogen (secondary N) is 1. The van der Waals surface area contributed by atoms with Gasteiger partial charge in [0, 0.05) is 25.1 Å². The summed E-state index contributed by atoms with van der Waals surface area (Å²) >= 11 is 0. The van der Waals surface area contributed by atoms with E-state index in [1.54, 1.807) is 18.3 Å². The highest BCUT2D eigenvalue weighted by atomic mass is 16.7. The van der Waals surface area contributed by atoms with Crippen LogP contribution in [0.5, 0.6) is 0 Å². The highest BCUT2D eigenvalue weighted by Crippen LogP contribution is 2.35. The van der Waals surface area contributed by atoms with Crippen molar-refractivity contribution >= 4 is 5.91 Å². The number of aromatic nitrogens is 1. The summed E-state index contributed by atoms with van der Waals surface area (Å²) in [6.45, 7) is 1.37. The highest BCUT2D eigenvalue weighted by Gasteiger charge is 2.40. The number of pyridine rings is 1. The average molecular weight is 262 g/mol. The van der Waals surface area contributed by atoms with E-state index in [9.17, 15) is 4.79 Å². The van der Waals surface area contributed by atoms with Crippen molar-refractivity contribution in [3.05, 3.63) is 30.1 Å². The van der Waals surface area contributed by atoms with Crippen LogP contribution in [0.15, 0.2) is 24.4 Å². The Bertz CT molecular complexity index is 433. The van der Waals surface area contributed by atoms with Crippen molar-refractivity contribution in [2.45, 2.75) is 37.5 Å². The van der Waals surface area contributed by atoms with Gasteiger partial charge >= 0.3 is 0 Å². The van der Waals surface area contributed by atoms with Crippen LogP contribution in [0.3, 0.4) is 0 Å². The van der Waals surface area contributed by atoms with Gasteiger partial charge in [0.2, 0.25) is 0 Å². The first-order valence-corrected chi connectivity index (χ1v) is 6.77. The first-order valence-electron chi connectivity index (χ1n) is 6.77. The molecule has 0 bridgehead atoms. The van der Waals surface area contributed by atoms with Crippen LogP contribution in [-0.2, 0) is 9.47 Å². The Morgan fingerprint density at radius 3 is 2.63 bits per heavy atom. The van der Waals surface area contributed by atoms with Gasteiger partial charge in [0.05, 0.1) is 13.2 Å². The lowest BCUT2D eigenvalue weighted by Gasteiger charge is -2.35. The summed E-state index contributed by atoms with van der Waals surface area (Å²) in [5.41, 5.74) is 0.469. The fourth-order valence-electron chi connectivity index (χ4n) is 2.74. The van der Waals surface area contributed by atoms with Crippen molar-refractivity contribution in [1.29, 1.82) is 0 Å². The molecule has 5 heteroatoms. The summed E-state index contributed by atoms with van der Waals surface area (Å²) in [6, 6.07) is 5.53. The maximum Gasteiger partial charge on any atom is 0.270 e. The molecule has 19 heavy (non-hydrogen) atoms. The minimum Gasteiger partial charge on any atom is -0.348 e. The minimum absolute atomic E-state index is 0.102. The molecular weight excluding hydrogens is 244 g/mol. The normalized spacial score (nSPS) is 22.5. The molecule has 5 nitrogen and oxygen atoms in total. The third-order valence-corrected chi connectivity index (χ3v) is 3.79. The zero-order valence-corrected chi connectivity index (χ0v) is 10.8. The molecule has 2 aliphatic rings. The van der Waals surface area contributed by atoms with E-state index >= 15 is 0 Å². The molecule has 1 aromatic heterocycles. The van der Waals surface area contributed by atoms with Crippen molar-refractivity contribution in [3.8, 4) is 0 Å². The number of nitrogens with zero attached hydrogens (tertiary/aromatic N) is 1. The van der Waals surface area contributed by atoms with Gasteiger partial charge in [0.15, 0.2) is 5.79 Å². The Balaban J connectivity index is 1.53. The van der Waals surface area contributed by atoms with Crippen molar-refractivity contribution in [1.82, 2.24) is 10.3 Å². The molecule has 1 aliphatic carbocycles. The zero-order valence-electron chi connectivity index (χ0n) is 10.8. The summed E-state index contributed by atoms with van der Waals surface area (Å²) in [4.78, 5) is 16.0. The second kappa shape index (κ2) is 5.27. The van der Waals surface area contributed by atoms with Gasteiger partial charge in [0.1, 0.15) is 5.69 Å². The fourth-order valence-corrected chi connectivity index (χ4v) is 2.74. The van der Waals surface area contributed by atoms with Crippen LogP contribution in [-0.4, -0.2) is 35.9 Å². The number of rotatable bonds is 2. The molecule has 0 radical (unpaired) electrons. The second-order valence-electron chi connectivity index (χ2n) is 5.07. The van der Waals surface area contributed by atoms with E-state index in [4.69, 9.17) is 9.47 Å². The molecule has 102 valence electrons. The Hall–Kier alpha value is -1.46. The Kier molecular flexibility index (Phi) is 3.48. The molecule has 2 fully saturated rings. The first-order chi connectivity index (χ1) is 9.27. The number of hydrogen-bond acceptors (Lipinski definition) is 4. The summed E-state index contributed by atoms with van der Waals surface area (Å²) in [6.07, 6.45) is 5.10. The number of hydrogen-bond donors (Lipinski definition) is 1. The third kappa shape index (κ3) is 2.77. The number of carbonyl (C=O) groups is 1. The van der Waals surface area contributed by atoms with Crippen LogP contribution >= 0.6 is 0 Å². The summed E-state index contributed by atoms with van der Waals surface area (Å²) in [7, 11) is 0. The summed E-state index contributed by atoms with van der Waals surface area (Å²) in [5.74, 6) is -0.471. The predicted molar refractivity (Wildman–Crippen MR) is 68.6 cm³/mol. The van der Waals surface area contributed by atoms with Gasteiger partial charge in [-0.25, -0.2) is 0 Å². The Morgan fingerprint density at radius 2 is 2.00 bits per heavy atom. The smallest absolute Gasteiger partial charge is 0.270 e. The molecule has 1 spiro atoms. The van der Waals surface area contributed by atoms with E-state index in [1.807, 2.05) is 6.07 Å². The van der Waals surface area contributed by atoms with Crippen LogP contribution in [0.2, 0.25) is 0 Å². The standard InChI is InChI=1S/C14H18N2O3/c17-13(12-3-1-2-8-15-12)16-11-4-6-14(7-5-11)18-9-10-19-14/h1-3,8,11H,4-7,9-10H2,(H,16,17). The van der Waals surface area contributed by atoms with Crippen LogP contribution in [0.25, 0.3) is 0 Å². The average Bonchev–Trinajstić information content (AvgIpc) is 2.91. The topological polar surface area (TPSA) is 60.5 Å². The van der Waals surface area contributed by atoms with E-state index in [1.165, 1.54) is 0 Å². The zero-order chi connectivity index (χ0) is 13.1. The van der Waals surface area contributed by atoms with E-state index < -0.39 is 0 Å². The summed E-state index contributed by atoms with van der Waals surface area (Å²) in [5, 5.41) is 3.03. The highest BCUT2D eigenvalue weighted by molar-refractivity contribution is 5.92. The van der Waals surface area contributed by atoms with Crippen molar-refractivity contribution < 1.29 is 14.3 Å². The molecule has 1 saturated heterocycles. The van der Waals surface area contributed by atoms with Crippen LogP contribution in [0.4, 0.5) is 0 Å². The van der Waals surface area contributed by atoms with Crippen LogP contribution in [0.1, 0.15) is 36.2 Å². The lowest BCUT2D eigenvalue weighted by atomic mass is 9.90. The van der Waals surface area contributed by atoms with Gasteiger partial charge in [0.25, 0.3) is 5.91 Å². The van der Waals surface area contributed by atoms with Gasteiger partial charge in [-0.15, -0.1) is 0 Å². The lowest BCUT2D eigenvalue weighted by molar-refractivity contribution is -0.179. The van der Waals surface area contributed by atoms with Gasteiger partial charge < -0.3 is 14.8 Å². The van der Waals surface area contributed by atoms with Gasteiger partial charge in [-0.05, 0) is 25.0 Å². The van der Waals surface area contributed by atoms with E-state index in [0.29, 0.717) is 18.9 Å². The molecule has 1 aliphatic heterocycles. The van der Waals surface area contributed by atoms with Crippen molar-refractivity contribution in [2.75, 3.05) is 13.2 Å². The monoisotopic (exact) mass is 262 g/mol. The minimum atomic E-state index is -0.369. The molecule has 2 heterocycles. The molecular formula is C14H18N2O3.